The highest BCUT2D eigenvalue weighted by molar-refractivity contribution is 7.19. The average molecular weight is 438 g/mol. The highest BCUT2D eigenvalue weighted by Crippen LogP contribution is 2.32. The number of carbonyl (C=O) groups excluding carboxylic acids is 3. The van der Waals surface area contributed by atoms with Crippen molar-refractivity contribution < 1.29 is 14.4 Å². The summed E-state index contributed by atoms with van der Waals surface area (Å²) in [5.74, 6) is -1.02. The molecule has 0 fully saturated rings. The van der Waals surface area contributed by atoms with Crippen LogP contribution in [0.4, 0.5) is 5.00 Å². The van der Waals surface area contributed by atoms with E-state index >= 15 is 0 Å². The fourth-order valence-electron chi connectivity index (χ4n) is 2.93. The summed E-state index contributed by atoms with van der Waals surface area (Å²) < 4.78 is 0. The number of benzene rings is 1. The number of nitrogens with two attached hydrogens (primary N) is 1. The number of amides is 3. The smallest absolute Gasteiger partial charge is 0.270 e. The first-order chi connectivity index (χ1) is 15.0. The number of nitrogens with zero attached hydrogens (tertiary/aromatic N) is 2. The maximum absolute atomic E-state index is 12.7. The van der Waals surface area contributed by atoms with Gasteiger partial charge in [-0.3, -0.25) is 19.4 Å². The van der Waals surface area contributed by atoms with Gasteiger partial charge >= 0.3 is 0 Å². The van der Waals surface area contributed by atoms with Crippen molar-refractivity contribution in [3.8, 4) is 10.6 Å². The van der Waals surface area contributed by atoms with E-state index in [9.17, 15) is 14.4 Å². The Labute approximate surface area is 183 Å². The van der Waals surface area contributed by atoms with E-state index in [2.05, 4.69) is 20.6 Å². The van der Waals surface area contributed by atoms with Gasteiger partial charge in [-0.2, -0.15) is 0 Å². The van der Waals surface area contributed by atoms with Crippen molar-refractivity contribution in [2.45, 2.75) is 25.7 Å². The summed E-state index contributed by atoms with van der Waals surface area (Å²) >= 11 is 1.18. The molecule has 0 unspecified atom stereocenters. The molecule has 0 aliphatic heterocycles. The van der Waals surface area contributed by atoms with E-state index in [1.165, 1.54) is 11.3 Å². The Balaban J connectivity index is 1.65. The van der Waals surface area contributed by atoms with Crippen molar-refractivity contribution in [1.82, 2.24) is 15.3 Å². The van der Waals surface area contributed by atoms with Gasteiger partial charge in [0.2, 0.25) is 5.91 Å². The van der Waals surface area contributed by atoms with Gasteiger partial charge in [0.15, 0.2) is 5.69 Å². The molecule has 31 heavy (non-hydrogen) atoms. The lowest BCUT2D eigenvalue weighted by Crippen LogP contribution is -2.17. The maximum Gasteiger partial charge on any atom is 0.270 e. The molecule has 8 nitrogen and oxygen atoms in total. The highest BCUT2D eigenvalue weighted by atomic mass is 32.1. The van der Waals surface area contributed by atoms with Crippen molar-refractivity contribution in [2.75, 3.05) is 12.4 Å². The second-order valence-electron chi connectivity index (χ2n) is 6.83. The molecule has 0 spiro atoms. The van der Waals surface area contributed by atoms with E-state index in [1.807, 2.05) is 12.1 Å². The average Bonchev–Trinajstić information content (AvgIpc) is 3.21. The van der Waals surface area contributed by atoms with Crippen molar-refractivity contribution >= 4 is 34.1 Å². The predicted octanol–water partition coefficient (Wildman–Crippen LogP) is 3.02. The van der Waals surface area contributed by atoms with Crippen LogP contribution < -0.4 is 16.4 Å². The van der Waals surface area contributed by atoms with Gasteiger partial charge in [-0.25, -0.2) is 4.98 Å². The summed E-state index contributed by atoms with van der Waals surface area (Å²) in [6, 6.07) is 10.8. The van der Waals surface area contributed by atoms with Crippen LogP contribution in [0.3, 0.4) is 0 Å². The molecule has 0 atom stereocenters. The quantitative estimate of drug-likeness (QED) is 0.444. The summed E-state index contributed by atoms with van der Waals surface area (Å²) in [6.07, 6.45) is 6.28. The van der Waals surface area contributed by atoms with Gasteiger partial charge in [-0.05, 0) is 49.1 Å². The molecule has 0 saturated heterocycles. The van der Waals surface area contributed by atoms with Crippen LogP contribution in [0.15, 0.2) is 48.8 Å². The van der Waals surface area contributed by atoms with Crippen LogP contribution in [0.2, 0.25) is 0 Å². The Bertz CT molecular complexity index is 1060. The Kier molecular flexibility index (Phi) is 7.45. The van der Waals surface area contributed by atoms with E-state index in [-0.39, 0.29) is 17.5 Å². The number of aryl methyl sites for hydroxylation is 1. The fourth-order valence-corrected chi connectivity index (χ4v) is 3.90. The van der Waals surface area contributed by atoms with Gasteiger partial charge in [0.25, 0.3) is 11.8 Å². The zero-order valence-electron chi connectivity index (χ0n) is 17.1. The van der Waals surface area contributed by atoms with Crippen molar-refractivity contribution in [2.24, 2.45) is 5.73 Å². The first-order valence-electron chi connectivity index (χ1n) is 9.80. The molecule has 0 radical (unpaired) electrons. The molecule has 3 aromatic rings. The van der Waals surface area contributed by atoms with Crippen molar-refractivity contribution in [1.29, 1.82) is 0 Å². The Morgan fingerprint density at radius 2 is 1.74 bits per heavy atom. The monoisotopic (exact) mass is 437 g/mol. The van der Waals surface area contributed by atoms with Crippen molar-refractivity contribution in [3.05, 3.63) is 65.6 Å². The van der Waals surface area contributed by atoms with Crippen LogP contribution in [0, 0.1) is 0 Å². The van der Waals surface area contributed by atoms with Crippen LogP contribution in [-0.2, 0) is 11.2 Å². The van der Waals surface area contributed by atoms with Crippen LogP contribution in [0.5, 0.6) is 0 Å². The van der Waals surface area contributed by atoms with Gasteiger partial charge in [-0.1, -0.05) is 23.5 Å². The van der Waals surface area contributed by atoms with Crippen molar-refractivity contribution in [3.63, 3.8) is 0 Å². The molecular formula is C22H23N5O3S. The van der Waals surface area contributed by atoms with Gasteiger partial charge in [0.05, 0.1) is 0 Å². The normalized spacial score (nSPS) is 10.5. The largest absolute Gasteiger partial charge is 0.364 e. The van der Waals surface area contributed by atoms with Crippen LogP contribution in [0.25, 0.3) is 10.6 Å². The number of rotatable bonds is 9. The number of hydrogen-bond acceptors (Lipinski definition) is 6. The summed E-state index contributed by atoms with van der Waals surface area (Å²) in [7, 11) is 1.63. The highest BCUT2D eigenvalue weighted by Gasteiger charge is 2.19. The zero-order chi connectivity index (χ0) is 22.2. The molecule has 0 aliphatic carbocycles. The Hall–Kier alpha value is -3.59. The van der Waals surface area contributed by atoms with E-state index in [0.29, 0.717) is 22.0 Å². The molecule has 3 amide bonds. The summed E-state index contributed by atoms with van der Waals surface area (Å²) in [5.41, 5.74) is 7.80. The number of anilines is 1. The topological polar surface area (TPSA) is 127 Å². The lowest BCUT2D eigenvalue weighted by molar-refractivity contribution is -0.120. The van der Waals surface area contributed by atoms with Gasteiger partial charge in [0.1, 0.15) is 10.0 Å². The number of primary amides is 1. The van der Waals surface area contributed by atoms with E-state index in [1.54, 1.807) is 43.7 Å². The molecule has 9 heteroatoms. The predicted molar refractivity (Wildman–Crippen MR) is 120 cm³/mol. The summed E-state index contributed by atoms with van der Waals surface area (Å²) in [6.45, 7) is 0. The first-order valence-corrected chi connectivity index (χ1v) is 10.6. The Morgan fingerprint density at radius 3 is 2.39 bits per heavy atom. The van der Waals surface area contributed by atoms with Gasteiger partial charge in [0, 0.05) is 37.0 Å². The van der Waals surface area contributed by atoms with E-state index < -0.39 is 5.91 Å². The van der Waals surface area contributed by atoms with Gasteiger partial charge < -0.3 is 16.4 Å². The third kappa shape index (κ3) is 5.95. The SMILES string of the molecule is CNC(=O)CCCCc1ccc(C(=O)Nc2sc(-c3ccncc3)nc2C(N)=O)cc1. The molecular weight excluding hydrogens is 414 g/mol. The maximum atomic E-state index is 12.7. The summed E-state index contributed by atoms with van der Waals surface area (Å²) in [4.78, 5) is 44.0. The van der Waals surface area contributed by atoms with E-state index in [0.717, 1.165) is 30.4 Å². The van der Waals surface area contributed by atoms with Crippen LogP contribution >= 0.6 is 11.3 Å². The Morgan fingerprint density at radius 1 is 1.03 bits per heavy atom. The van der Waals surface area contributed by atoms with Crippen LogP contribution in [0.1, 0.15) is 45.7 Å². The fraction of sp³-hybridized carbons (Fsp3) is 0.227. The lowest BCUT2D eigenvalue weighted by atomic mass is 10.0. The second kappa shape index (κ2) is 10.4. The zero-order valence-corrected chi connectivity index (χ0v) is 17.9. The molecule has 0 bridgehead atoms. The number of carbonyl (C=O) groups is 3. The third-order valence-corrected chi connectivity index (χ3v) is 5.65. The number of unbranched alkanes of at least 4 members (excludes halogenated alkanes) is 1. The molecule has 4 N–H and O–H groups in total. The third-order valence-electron chi connectivity index (χ3n) is 4.63. The van der Waals surface area contributed by atoms with Gasteiger partial charge in [-0.15, -0.1) is 0 Å². The molecule has 160 valence electrons. The van der Waals surface area contributed by atoms with E-state index in [4.69, 9.17) is 5.73 Å². The standard InChI is InChI=1S/C22H23N5O3S/c1-24-17(28)5-3-2-4-14-6-8-15(9-7-14)20(30)27-22-18(19(23)29)26-21(31-22)16-10-12-25-13-11-16/h6-13H,2-5H2,1H3,(H2,23,29)(H,24,28)(H,27,30). The number of pyridine rings is 1. The minimum Gasteiger partial charge on any atom is -0.364 e. The number of nitrogens with one attached hydrogen (secondary N) is 2. The lowest BCUT2D eigenvalue weighted by Gasteiger charge is -2.06. The molecule has 1 aromatic carbocycles. The minimum absolute atomic E-state index is 0.0258. The molecule has 0 saturated carbocycles. The summed E-state index contributed by atoms with van der Waals surface area (Å²) in [5, 5.41) is 6.23. The number of thiazole rings is 1. The molecule has 0 aliphatic rings. The molecule has 2 heterocycles. The first kappa shape index (κ1) is 22.1. The molecule has 3 rings (SSSR count). The number of aromatic nitrogens is 2. The second-order valence-corrected chi connectivity index (χ2v) is 7.83. The molecule has 2 aromatic heterocycles. The minimum atomic E-state index is -0.709. The van der Waals surface area contributed by atoms with Crippen LogP contribution in [-0.4, -0.2) is 34.7 Å². The number of hydrogen-bond donors (Lipinski definition) is 3.